The van der Waals surface area contributed by atoms with Crippen LogP contribution in [0.2, 0.25) is 0 Å². The molecule has 0 spiro atoms. The summed E-state index contributed by atoms with van der Waals surface area (Å²) in [5, 5.41) is 0.940. The average molecular weight is 200 g/mol. The minimum atomic E-state index is -0.148. The van der Waals surface area contributed by atoms with Gasteiger partial charge in [-0.3, -0.25) is 9.79 Å². The number of thioether (sulfide) groups is 1. The molecule has 0 unspecified atom stereocenters. The van der Waals surface area contributed by atoms with Crippen LogP contribution in [-0.2, 0) is 4.79 Å². The maximum absolute atomic E-state index is 11.0. The molecule has 2 atom stereocenters. The second kappa shape index (κ2) is 4.24. The Morgan fingerprint density at radius 1 is 1.69 bits per heavy atom. The fourth-order valence-corrected chi connectivity index (χ4v) is 2.37. The van der Waals surface area contributed by atoms with Crippen LogP contribution in [0.15, 0.2) is 4.99 Å². The highest BCUT2D eigenvalue weighted by Gasteiger charge is 2.26. The molecule has 0 aromatic heterocycles. The summed E-state index contributed by atoms with van der Waals surface area (Å²) >= 11 is 1.62. The molecule has 0 radical (unpaired) electrons. The number of ketones is 1. The average Bonchev–Trinajstić information content (AvgIpc) is 2.50. The maximum Gasteiger partial charge on any atom is 0.155 e. The number of hydrogen-bond acceptors (Lipinski definition) is 4. The highest BCUT2D eigenvalue weighted by atomic mass is 32.2. The van der Waals surface area contributed by atoms with Crippen molar-refractivity contribution in [3.8, 4) is 0 Å². The van der Waals surface area contributed by atoms with Gasteiger partial charge in [0, 0.05) is 5.75 Å². The number of hydrogen-bond donors (Lipinski definition) is 1. The van der Waals surface area contributed by atoms with Gasteiger partial charge in [0.05, 0.1) is 11.1 Å². The van der Waals surface area contributed by atoms with Gasteiger partial charge in [-0.05, 0) is 12.8 Å². The molecule has 0 amide bonds. The molecule has 0 aromatic carbocycles. The van der Waals surface area contributed by atoms with E-state index in [-0.39, 0.29) is 17.9 Å². The van der Waals surface area contributed by atoms with Crippen molar-refractivity contribution >= 4 is 22.6 Å². The Morgan fingerprint density at radius 3 is 2.69 bits per heavy atom. The lowest BCUT2D eigenvalue weighted by molar-refractivity contribution is -0.117. The molecule has 13 heavy (non-hydrogen) atoms. The van der Waals surface area contributed by atoms with E-state index in [1.54, 1.807) is 18.7 Å². The SMILES string of the molecule is CC(=O)[C@@H]1CSC([C@@H](N)C(C)C)=N1. The Hall–Kier alpha value is -0.350. The summed E-state index contributed by atoms with van der Waals surface area (Å²) in [4.78, 5) is 15.3. The maximum atomic E-state index is 11.0. The first-order chi connectivity index (χ1) is 6.02. The molecule has 0 saturated heterocycles. The van der Waals surface area contributed by atoms with E-state index in [1.807, 2.05) is 0 Å². The van der Waals surface area contributed by atoms with Gasteiger partial charge in [-0.15, -0.1) is 11.8 Å². The van der Waals surface area contributed by atoms with E-state index in [0.717, 1.165) is 10.8 Å². The van der Waals surface area contributed by atoms with E-state index in [4.69, 9.17) is 5.73 Å². The molecule has 0 fully saturated rings. The van der Waals surface area contributed by atoms with Crippen molar-refractivity contribution in [1.82, 2.24) is 0 Å². The van der Waals surface area contributed by atoms with E-state index in [9.17, 15) is 4.79 Å². The molecule has 0 aliphatic carbocycles. The summed E-state index contributed by atoms with van der Waals surface area (Å²) in [6, 6.07) is -0.154. The van der Waals surface area contributed by atoms with Crippen molar-refractivity contribution in [3.05, 3.63) is 0 Å². The van der Waals surface area contributed by atoms with Gasteiger partial charge in [-0.25, -0.2) is 0 Å². The predicted octanol–water partition coefficient (Wildman–Crippen LogP) is 1.07. The Labute approximate surface area is 83.2 Å². The summed E-state index contributed by atoms with van der Waals surface area (Å²) < 4.78 is 0. The van der Waals surface area contributed by atoms with Crippen LogP contribution < -0.4 is 5.73 Å². The molecule has 1 heterocycles. The number of aliphatic imine (C=N–C) groups is 1. The van der Waals surface area contributed by atoms with Crippen LogP contribution in [-0.4, -0.2) is 28.7 Å². The topological polar surface area (TPSA) is 55.5 Å². The molecule has 0 aromatic rings. The molecule has 1 aliphatic heterocycles. The van der Waals surface area contributed by atoms with Gasteiger partial charge < -0.3 is 5.73 Å². The van der Waals surface area contributed by atoms with Crippen molar-refractivity contribution in [2.24, 2.45) is 16.6 Å². The lowest BCUT2D eigenvalue weighted by atomic mass is 10.1. The van der Waals surface area contributed by atoms with Gasteiger partial charge in [0.15, 0.2) is 5.78 Å². The van der Waals surface area contributed by atoms with E-state index in [0.29, 0.717) is 5.92 Å². The predicted molar refractivity (Wildman–Crippen MR) is 57.2 cm³/mol. The van der Waals surface area contributed by atoms with E-state index in [1.165, 1.54) is 0 Å². The van der Waals surface area contributed by atoms with Crippen LogP contribution in [0.25, 0.3) is 0 Å². The van der Waals surface area contributed by atoms with Crippen LogP contribution >= 0.6 is 11.8 Å². The molecule has 4 heteroatoms. The minimum Gasteiger partial charge on any atom is -0.322 e. The highest BCUT2D eigenvalue weighted by molar-refractivity contribution is 8.14. The molecule has 2 N–H and O–H groups in total. The van der Waals surface area contributed by atoms with Gasteiger partial charge in [-0.1, -0.05) is 13.8 Å². The Kier molecular flexibility index (Phi) is 3.50. The Balaban J connectivity index is 2.64. The normalized spacial score (nSPS) is 24.7. The summed E-state index contributed by atoms with van der Waals surface area (Å²) in [5.41, 5.74) is 5.92. The summed E-state index contributed by atoms with van der Waals surface area (Å²) in [5.74, 6) is 1.29. The minimum absolute atomic E-state index is 0.00523. The van der Waals surface area contributed by atoms with Crippen molar-refractivity contribution < 1.29 is 4.79 Å². The smallest absolute Gasteiger partial charge is 0.155 e. The number of carbonyl (C=O) groups excluding carboxylic acids is 1. The fourth-order valence-electron chi connectivity index (χ4n) is 1.07. The monoisotopic (exact) mass is 200 g/mol. The third-order valence-electron chi connectivity index (χ3n) is 2.14. The largest absolute Gasteiger partial charge is 0.322 e. The van der Waals surface area contributed by atoms with Crippen molar-refractivity contribution in [2.75, 3.05) is 5.75 Å². The third kappa shape index (κ3) is 2.54. The summed E-state index contributed by atoms with van der Waals surface area (Å²) in [6.45, 7) is 5.71. The third-order valence-corrected chi connectivity index (χ3v) is 3.30. The number of Topliss-reactive ketones (excluding diaryl/α,β-unsaturated/α-hetero) is 1. The fraction of sp³-hybridized carbons (Fsp3) is 0.778. The van der Waals surface area contributed by atoms with Gasteiger partial charge in [0.2, 0.25) is 0 Å². The van der Waals surface area contributed by atoms with Crippen LogP contribution in [0.1, 0.15) is 20.8 Å². The zero-order valence-corrected chi connectivity index (χ0v) is 9.10. The Bertz CT molecular complexity index is 238. The lowest BCUT2D eigenvalue weighted by Crippen LogP contribution is -2.33. The molecular weight excluding hydrogens is 184 g/mol. The van der Waals surface area contributed by atoms with Crippen LogP contribution in [0.3, 0.4) is 0 Å². The van der Waals surface area contributed by atoms with Crippen LogP contribution in [0, 0.1) is 5.92 Å². The number of carbonyl (C=O) groups is 1. The second-order valence-corrected chi connectivity index (χ2v) is 4.71. The van der Waals surface area contributed by atoms with Gasteiger partial charge in [-0.2, -0.15) is 0 Å². The first kappa shape index (κ1) is 10.7. The van der Waals surface area contributed by atoms with Crippen molar-refractivity contribution in [2.45, 2.75) is 32.9 Å². The molecule has 0 bridgehead atoms. The molecule has 3 nitrogen and oxygen atoms in total. The first-order valence-corrected chi connectivity index (χ1v) is 5.47. The van der Waals surface area contributed by atoms with Crippen LogP contribution in [0.5, 0.6) is 0 Å². The number of nitrogens with zero attached hydrogens (tertiary/aromatic N) is 1. The number of rotatable bonds is 3. The van der Waals surface area contributed by atoms with Gasteiger partial charge >= 0.3 is 0 Å². The van der Waals surface area contributed by atoms with Crippen molar-refractivity contribution in [3.63, 3.8) is 0 Å². The quantitative estimate of drug-likeness (QED) is 0.741. The lowest BCUT2D eigenvalue weighted by Gasteiger charge is -2.14. The van der Waals surface area contributed by atoms with Gasteiger partial charge in [0.25, 0.3) is 0 Å². The summed E-state index contributed by atoms with van der Waals surface area (Å²) in [6.07, 6.45) is 0. The van der Waals surface area contributed by atoms with E-state index in [2.05, 4.69) is 18.8 Å². The number of nitrogens with two attached hydrogens (primary N) is 1. The van der Waals surface area contributed by atoms with Crippen molar-refractivity contribution in [1.29, 1.82) is 0 Å². The molecular formula is C9H16N2OS. The second-order valence-electron chi connectivity index (χ2n) is 3.67. The van der Waals surface area contributed by atoms with Gasteiger partial charge in [0.1, 0.15) is 6.04 Å². The molecule has 74 valence electrons. The first-order valence-electron chi connectivity index (χ1n) is 4.49. The van der Waals surface area contributed by atoms with E-state index >= 15 is 0 Å². The van der Waals surface area contributed by atoms with E-state index < -0.39 is 0 Å². The summed E-state index contributed by atoms with van der Waals surface area (Å²) in [7, 11) is 0. The highest BCUT2D eigenvalue weighted by Crippen LogP contribution is 2.22. The standard InChI is InChI=1S/C9H16N2OS/c1-5(2)8(10)9-11-7(4-13-9)6(3)12/h5,7-8H,4,10H2,1-3H3/t7-,8-/m0/s1. The van der Waals surface area contributed by atoms with Crippen LogP contribution in [0.4, 0.5) is 0 Å². The molecule has 1 rings (SSSR count). The zero-order chi connectivity index (χ0) is 10.0. The molecule has 1 aliphatic rings. The molecule has 0 saturated carbocycles. The zero-order valence-electron chi connectivity index (χ0n) is 8.28. The Morgan fingerprint density at radius 2 is 2.31 bits per heavy atom.